The highest BCUT2D eigenvalue weighted by molar-refractivity contribution is 7.07. The number of thiazole rings is 1. The number of anilines is 1. The van der Waals surface area contributed by atoms with E-state index in [2.05, 4.69) is 4.99 Å². The molecule has 0 spiro atoms. The molecule has 0 saturated carbocycles. The standard InChI is InChI=1S/C20H16F3N3O2S/c1-28-16-7-5-13(6-8-16)9-17-18(27)26-12-25(11-24-19(26)29-17)15-4-2-3-14(10-15)20(21,22)23/h2-10H,11-12H2,1H3/b17-9+. The van der Waals surface area contributed by atoms with Crippen molar-refractivity contribution in [2.24, 2.45) is 4.99 Å². The van der Waals surface area contributed by atoms with Crippen LogP contribution in [0.5, 0.6) is 5.75 Å². The molecule has 0 atom stereocenters. The molecule has 0 saturated heterocycles. The number of aromatic nitrogens is 1. The normalized spacial score (nSPS) is 14.5. The molecule has 0 N–H and O–H groups in total. The molecule has 3 aromatic rings. The zero-order valence-corrected chi connectivity index (χ0v) is 16.1. The Morgan fingerprint density at radius 3 is 2.62 bits per heavy atom. The van der Waals surface area contributed by atoms with Crippen molar-refractivity contribution in [3.63, 3.8) is 0 Å². The summed E-state index contributed by atoms with van der Waals surface area (Å²) in [6, 6.07) is 12.3. The third kappa shape index (κ3) is 3.91. The molecule has 4 rings (SSSR count). The molecule has 0 radical (unpaired) electrons. The third-order valence-corrected chi connectivity index (χ3v) is 5.57. The van der Waals surface area contributed by atoms with Gasteiger partial charge < -0.3 is 9.64 Å². The van der Waals surface area contributed by atoms with Gasteiger partial charge in [0.1, 0.15) is 19.1 Å². The Bertz CT molecular complexity index is 1210. The Labute approximate surface area is 167 Å². The minimum absolute atomic E-state index is 0.145. The number of rotatable bonds is 3. The number of hydrogen-bond acceptors (Lipinski definition) is 5. The van der Waals surface area contributed by atoms with Crippen molar-refractivity contribution < 1.29 is 17.9 Å². The first kappa shape index (κ1) is 19.3. The van der Waals surface area contributed by atoms with Crippen LogP contribution in [0.3, 0.4) is 0 Å². The highest BCUT2D eigenvalue weighted by atomic mass is 32.1. The van der Waals surface area contributed by atoms with Crippen molar-refractivity contribution >= 4 is 23.1 Å². The largest absolute Gasteiger partial charge is 0.497 e. The van der Waals surface area contributed by atoms with Crippen molar-refractivity contribution in [2.75, 3.05) is 18.7 Å². The minimum atomic E-state index is -4.42. The lowest BCUT2D eigenvalue weighted by Gasteiger charge is -2.26. The van der Waals surface area contributed by atoms with Gasteiger partial charge in [-0.2, -0.15) is 13.2 Å². The number of fused-ring (bicyclic) bond motifs is 1. The molecule has 0 unspecified atom stereocenters. The number of alkyl halides is 3. The lowest BCUT2D eigenvalue weighted by atomic mass is 10.2. The lowest BCUT2D eigenvalue weighted by Crippen LogP contribution is -2.42. The first-order valence-corrected chi connectivity index (χ1v) is 9.49. The highest BCUT2D eigenvalue weighted by Crippen LogP contribution is 2.31. The molecule has 0 amide bonds. The molecule has 1 aliphatic rings. The third-order valence-electron chi connectivity index (χ3n) is 4.53. The van der Waals surface area contributed by atoms with Crippen molar-refractivity contribution in [1.29, 1.82) is 0 Å². The highest BCUT2D eigenvalue weighted by Gasteiger charge is 2.31. The number of halogens is 3. The van der Waals surface area contributed by atoms with Gasteiger partial charge >= 0.3 is 6.18 Å². The van der Waals surface area contributed by atoms with Crippen LogP contribution >= 0.6 is 11.3 Å². The molecule has 150 valence electrons. The van der Waals surface area contributed by atoms with E-state index in [0.717, 1.165) is 23.4 Å². The summed E-state index contributed by atoms with van der Waals surface area (Å²) in [6.07, 6.45) is -2.66. The molecule has 29 heavy (non-hydrogen) atoms. The van der Waals surface area contributed by atoms with E-state index in [1.165, 1.54) is 22.0 Å². The fourth-order valence-corrected chi connectivity index (χ4v) is 3.97. The summed E-state index contributed by atoms with van der Waals surface area (Å²) in [5.41, 5.74) is 0.262. The molecular weight excluding hydrogens is 403 g/mol. The van der Waals surface area contributed by atoms with Crippen LogP contribution in [-0.2, 0) is 12.8 Å². The van der Waals surface area contributed by atoms with Crippen molar-refractivity contribution in [2.45, 2.75) is 12.8 Å². The van der Waals surface area contributed by atoms with Crippen molar-refractivity contribution in [1.82, 2.24) is 4.57 Å². The summed E-state index contributed by atoms with van der Waals surface area (Å²) >= 11 is 1.26. The Morgan fingerprint density at radius 2 is 1.93 bits per heavy atom. The van der Waals surface area contributed by atoms with Crippen LogP contribution in [0, 0.1) is 0 Å². The molecule has 2 aromatic carbocycles. The van der Waals surface area contributed by atoms with Crippen LogP contribution in [0.1, 0.15) is 11.1 Å². The van der Waals surface area contributed by atoms with Gasteiger partial charge in [0, 0.05) is 5.69 Å². The average Bonchev–Trinajstić information content (AvgIpc) is 3.03. The van der Waals surface area contributed by atoms with Gasteiger partial charge in [-0.1, -0.05) is 29.5 Å². The van der Waals surface area contributed by atoms with E-state index >= 15 is 0 Å². The molecular formula is C20H16F3N3O2S. The van der Waals surface area contributed by atoms with E-state index in [4.69, 9.17) is 4.74 Å². The molecule has 0 aliphatic carbocycles. The second-order valence-corrected chi connectivity index (χ2v) is 7.44. The topological polar surface area (TPSA) is 46.8 Å². The van der Waals surface area contributed by atoms with Crippen molar-refractivity contribution in [3.05, 3.63) is 79.3 Å². The van der Waals surface area contributed by atoms with E-state index in [0.29, 0.717) is 15.0 Å². The average molecular weight is 419 g/mol. The summed E-state index contributed by atoms with van der Waals surface area (Å²) in [4.78, 5) is 19.4. The van der Waals surface area contributed by atoms with Crippen LogP contribution in [0.15, 0.2) is 58.3 Å². The zero-order chi connectivity index (χ0) is 20.6. The predicted molar refractivity (Wildman–Crippen MR) is 105 cm³/mol. The van der Waals surface area contributed by atoms with Crippen molar-refractivity contribution in [3.8, 4) is 5.75 Å². The molecule has 5 nitrogen and oxygen atoms in total. The fourth-order valence-electron chi connectivity index (χ4n) is 3.01. The second kappa shape index (κ2) is 7.40. The van der Waals surface area contributed by atoms with E-state index < -0.39 is 11.7 Å². The summed E-state index contributed by atoms with van der Waals surface area (Å²) in [7, 11) is 1.58. The van der Waals surface area contributed by atoms with E-state index in [1.807, 2.05) is 12.1 Å². The van der Waals surface area contributed by atoms with Crippen LogP contribution in [0.25, 0.3) is 6.08 Å². The SMILES string of the molecule is COc1ccc(/C=c2/sc3n(c2=O)CN(c2cccc(C(F)(F)F)c2)CN=3)cc1. The summed E-state index contributed by atoms with van der Waals surface area (Å²) in [5, 5.41) is 0. The quantitative estimate of drug-likeness (QED) is 0.656. The molecule has 1 aromatic heterocycles. The second-order valence-electron chi connectivity index (χ2n) is 6.43. The van der Waals surface area contributed by atoms with Gasteiger partial charge in [0.25, 0.3) is 5.56 Å². The van der Waals surface area contributed by atoms with Crippen LogP contribution in [0.2, 0.25) is 0 Å². The van der Waals surface area contributed by atoms with E-state index in [-0.39, 0.29) is 18.9 Å². The monoisotopic (exact) mass is 419 g/mol. The fraction of sp³-hybridized carbons (Fsp3) is 0.200. The first-order valence-electron chi connectivity index (χ1n) is 8.67. The summed E-state index contributed by atoms with van der Waals surface area (Å²) < 4.78 is 46.1. The van der Waals surface area contributed by atoms with Gasteiger partial charge in [-0.15, -0.1) is 0 Å². The summed E-state index contributed by atoms with van der Waals surface area (Å²) in [5.74, 6) is 0.719. The molecule has 9 heteroatoms. The van der Waals surface area contributed by atoms with E-state index in [9.17, 15) is 18.0 Å². The molecule has 0 fully saturated rings. The Hall–Kier alpha value is -3.07. The van der Waals surface area contributed by atoms with Gasteiger partial charge in [0.15, 0.2) is 4.80 Å². The van der Waals surface area contributed by atoms with Gasteiger partial charge in [0.05, 0.1) is 17.2 Å². The number of ether oxygens (including phenoxy) is 1. The minimum Gasteiger partial charge on any atom is -0.497 e. The maximum atomic E-state index is 13.0. The maximum Gasteiger partial charge on any atom is 0.416 e. The molecule has 0 bridgehead atoms. The van der Waals surface area contributed by atoms with E-state index in [1.54, 1.807) is 36.3 Å². The predicted octanol–water partition coefficient (Wildman–Crippen LogP) is 2.82. The van der Waals surface area contributed by atoms with Crippen LogP contribution < -0.4 is 24.5 Å². The smallest absolute Gasteiger partial charge is 0.416 e. The molecule has 2 heterocycles. The van der Waals surface area contributed by atoms with Gasteiger partial charge in [-0.05, 0) is 42.0 Å². The van der Waals surface area contributed by atoms with Gasteiger partial charge in [-0.3, -0.25) is 9.36 Å². The van der Waals surface area contributed by atoms with Crippen LogP contribution in [-0.4, -0.2) is 18.3 Å². The Balaban J connectivity index is 1.66. The zero-order valence-electron chi connectivity index (χ0n) is 15.3. The number of hydrogen-bond donors (Lipinski definition) is 0. The molecule has 1 aliphatic heterocycles. The number of nitrogens with zero attached hydrogens (tertiary/aromatic N) is 3. The Morgan fingerprint density at radius 1 is 1.17 bits per heavy atom. The summed E-state index contributed by atoms with van der Waals surface area (Å²) in [6.45, 7) is 0.329. The Kier molecular flexibility index (Phi) is 4.91. The first-order chi connectivity index (χ1) is 13.8. The van der Waals surface area contributed by atoms with Crippen LogP contribution in [0.4, 0.5) is 18.9 Å². The number of methoxy groups -OCH3 is 1. The number of benzene rings is 2. The van der Waals surface area contributed by atoms with Gasteiger partial charge in [-0.25, -0.2) is 4.99 Å². The maximum absolute atomic E-state index is 13.0. The van der Waals surface area contributed by atoms with Gasteiger partial charge in [0.2, 0.25) is 0 Å². The lowest BCUT2D eigenvalue weighted by molar-refractivity contribution is -0.137.